The lowest BCUT2D eigenvalue weighted by molar-refractivity contribution is -0.131. The van der Waals surface area contributed by atoms with Crippen LogP contribution in [0.25, 0.3) is 0 Å². The van der Waals surface area contributed by atoms with Gasteiger partial charge in [-0.15, -0.1) is 12.4 Å². The quantitative estimate of drug-likeness (QED) is 0.725. The molecular weight excluding hydrogens is 176 g/mol. The second-order valence-electron chi connectivity index (χ2n) is 3.14. The first-order valence-electron chi connectivity index (χ1n) is 3.97. The maximum Gasteiger partial charge on any atom is 0.239 e. The van der Waals surface area contributed by atoms with E-state index in [4.69, 9.17) is 5.73 Å². The number of nitrogens with zero attached hydrogens (tertiary/aromatic N) is 1. The first-order valence-corrected chi connectivity index (χ1v) is 3.97. The van der Waals surface area contributed by atoms with Crippen LogP contribution in [0, 0.1) is 5.92 Å². The van der Waals surface area contributed by atoms with Gasteiger partial charge in [0.2, 0.25) is 5.91 Å². The van der Waals surface area contributed by atoms with Crippen LogP contribution in [0.2, 0.25) is 0 Å². The van der Waals surface area contributed by atoms with Crippen LogP contribution in [-0.2, 0) is 4.79 Å². The molecule has 3 nitrogen and oxygen atoms in total. The zero-order chi connectivity index (χ0) is 9.02. The normalized spacial score (nSPS) is 14.4. The number of amides is 1. The van der Waals surface area contributed by atoms with Crippen LogP contribution in [0.5, 0.6) is 0 Å². The first-order chi connectivity index (χ1) is 5.00. The van der Waals surface area contributed by atoms with E-state index in [9.17, 15) is 4.79 Å². The number of nitrogens with two attached hydrogens (primary N) is 1. The van der Waals surface area contributed by atoms with Crippen molar-refractivity contribution in [2.75, 3.05) is 14.1 Å². The van der Waals surface area contributed by atoms with Crippen molar-refractivity contribution in [1.29, 1.82) is 0 Å². The summed E-state index contributed by atoms with van der Waals surface area (Å²) in [4.78, 5) is 12.8. The lowest BCUT2D eigenvalue weighted by Gasteiger charge is -2.21. The molecule has 4 heteroatoms. The van der Waals surface area contributed by atoms with Crippen LogP contribution in [0.3, 0.4) is 0 Å². The molecule has 1 unspecified atom stereocenters. The Morgan fingerprint density at radius 1 is 1.50 bits per heavy atom. The van der Waals surface area contributed by atoms with Crippen molar-refractivity contribution < 1.29 is 4.79 Å². The van der Waals surface area contributed by atoms with Crippen molar-refractivity contribution in [1.82, 2.24) is 4.90 Å². The highest BCUT2D eigenvalue weighted by atomic mass is 35.5. The van der Waals surface area contributed by atoms with E-state index in [1.54, 1.807) is 14.1 Å². The van der Waals surface area contributed by atoms with Gasteiger partial charge in [-0.3, -0.25) is 4.79 Å². The second-order valence-corrected chi connectivity index (χ2v) is 3.14. The molecule has 0 rings (SSSR count). The fraction of sp³-hybridized carbons (Fsp3) is 0.875. The highest BCUT2D eigenvalue weighted by Crippen LogP contribution is 2.06. The lowest BCUT2D eigenvalue weighted by atomic mass is 9.99. The SMILES string of the molecule is CCC(C)[C@H](N)C(=O)N(C)C.Cl. The van der Waals surface area contributed by atoms with Crippen LogP contribution in [0.15, 0.2) is 0 Å². The number of rotatable bonds is 3. The van der Waals surface area contributed by atoms with Crippen molar-refractivity contribution in [3.05, 3.63) is 0 Å². The molecule has 0 saturated carbocycles. The Morgan fingerprint density at radius 3 is 2.17 bits per heavy atom. The number of likely N-dealkylation sites (N-methyl/N-ethyl adjacent to an activating group) is 1. The zero-order valence-electron chi connectivity index (χ0n) is 8.20. The molecule has 0 spiro atoms. The fourth-order valence-electron chi connectivity index (χ4n) is 0.795. The van der Waals surface area contributed by atoms with Gasteiger partial charge in [-0.05, 0) is 5.92 Å². The van der Waals surface area contributed by atoms with E-state index < -0.39 is 0 Å². The molecule has 12 heavy (non-hydrogen) atoms. The van der Waals surface area contributed by atoms with Crippen molar-refractivity contribution in [2.45, 2.75) is 26.3 Å². The number of hydrogen-bond donors (Lipinski definition) is 1. The molecule has 0 aromatic carbocycles. The summed E-state index contributed by atoms with van der Waals surface area (Å²) in [5.41, 5.74) is 5.68. The summed E-state index contributed by atoms with van der Waals surface area (Å²) in [5, 5.41) is 0. The fourth-order valence-corrected chi connectivity index (χ4v) is 0.795. The third kappa shape index (κ3) is 3.93. The van der Waals surface area contributed by atoms with E-state index >= 15 is 0 Å². The number of carbonyl (C=O) groups excluding carboxylic acids is 1. The minimum atomic E-state index is -0.338. The Morgan fingerprint density at radius 2 is 1.92 bits per heavy atom. The van der Waals surface area contributed by atoms with Gasteiger partial charge < -0.3 is 10.6 Å². The molecule has 0 aromatic heterocycles. The molecule has 0 fully saturated rings. The molecule has 1 amide bonds. The minimum Gasteiger partial charge on any atom is -0.347 e. The molecule has 0 radical (unpaired) electrons. The number of halogens is 1. The molecule has 74 valence electrons. The van der Waals surface area contributed by atoms with Crippen LogP contribution >= 0.6 is 12.4 Å². The summed E-state index contributed by atoms with van der Waals surface area (Å²) in [7, 11) is 3.45. The average molecular weight is 195 g/mol. The van der Waals surface area contributed by atoms with Crippen molar-refractivity contribution in [3.8, 4) is 0 Å². The Balaban J connectivity index is 0. The minimum absolute atomic E-state index is 0. The van der Waals surface area contributed by atoms with E-state index in [2.05, 4.69) is 0 Å². The predicted octanol–water partition coefficient (Wildman–Crippen LogP) is 0.870. The molecule has 0 aromatic rings. The van der Waals surface area contributed by atoms with E-state index in [1.165, 1.54) is 4.90 Å². The van der Waals surface area contributed by atoms with Gasteiger partial charge in [0, 0.05) is 14.1 Å². The molecule has 2 atom stereocenters. The summed E-state index contributed by atoms with van der Waals surface area (Å²) in [5.74, 6) is 0.282. The van der Waals surface area contributed by atoms with E-state index in [-0.39, 0.29) is 30.3 Å². The van der Waals surface area contributed by atoms with Crippen LogP contribution in [0.1, 0.15) is 20.3 Å². The van der Waals surface area contributed by atoms with Gasteiger partial charge in [-0.25, -0.2) is 0 Å². The van der Waals surface area contributed by atoms with Gasteiger partial charge >= 0.3 is 0 Å². The van der Waals surface area contributed by atoms with Gasteiger partial charge in [0.15, 0.2) is 0 Å². The monoisotopic (exact) mass is 194 g/mol. The van der Waals surface area contributed by atoms with Crippen molar-refractivity contribution >= 4 is 18.3 Å². The van der Waals surface area contributed by atoms with E-state index in [1.807, 2.05) is 13.8 Å². The van der Waals surface area contributed by atoms with Gasteiger partial charge in [0.25, 0.3) is 0 Å². The molecule has 2 N–H and O–H groups in total. The molecule has 0 aliphatic rings. The summed E-state index contributed by atoms with van der Waals surface area (Å²) in [6.07, 6.45) is 0.945. The molecule has 0 saturated heterocycles. The van der Waals surface area contributed by atoms with Gasteiger partial charge in [0.1, 0.15) is 0 Å². The standard InChI is InChI=1S/C8H18N2O.ClH/c1-5-6(2)7(9)8(11)10(3)4;/h6-7H,5,9H2,1-4H3;1H/t6?,7-;/m0./s1. The van der Waals surface area contributed by atoms with Crippen LogP contribution in [0.4, 0.5) is 0 Å². The maximum absolute atomic E-state index is 11.2. The number of hydrogen-bond acceptors (Lipinski definition) is 2. The highest BCUT2D eigenvalue weighted by molar-refractivity contribution is 5.85. The lowest BCUT2D eigenvalue weighted by Crippen LogP contribution is -2.43. The summed E-state index contributed by atoms with van der Waals surface area (Å²) in [6, 6.07) is -0.338. The largest absolute Gasteiger partial charge is 0.347 e. The summed E-state index contributed by atoms with van der Waals surface area (Å²) >= 11 is 0. The summed E-state index contributed by atoms with van der Waals surface area (Å²) in [6.45, 7) is 4.03. The third-order valence-corrected chi connectivity index (χ3v) is 1.98. The van der Waals surface area contributed by atoms with Gasteiger partial charge in [-0.2, -0.15) is 0 Å². The molecule has 0 aliphatic carbocycles. The molecule has 0 heterocycles. The van der Waals surface area contributed by atoms with Crippen LogP contribution < -0.4 is 5.73 Å². The molecular formula is C8H19ClN2O. The van der Waals surface area contributed by atoms with Crippen molar-refractivity contribution in [2.24, 2.45) is 11.7 Å². The smallest absolute Gasteiger partial charge is 0.239 e. The average Bonchev–Trinajstić information content (AvgIpc) is 2.00. The highest BCUT2D eigenvalue weighted by Gasteiger charge is 2.20. The Bertz CT molecular complexity index is 139. The van der Waals surface area contributed by atoms with E-state index in [0.717, 1.165) is 6.42 Å². The van der Waals surface area contributed by atoms with Gasteiger partial charge in [0.05, 0.1) is 6.04 Å². The molecule has 0 aliphatic heterocycles. The Kier molecular flexibility index (Phi) is 7.44. The summed E-state index contributed by atoms with van der Waals surface area (Å²) < 4.78 is 0. The third-order valence-electron chi connectivity index (χ3n) is 1.98. The van der Waals surface area contributed by atoms with Crippen LogP contribution in [-0.4, -0.2) is 30.9 Å². The molecule has 0 bridgehead atoms. The van der Waals surface area contributed by atoms with Crippen molar-refractivity contribution in [3.63, 3.8) is 0 Å². The maximum atomic E-state index is 11.2. The van der Waals surface area contributed by atoms with E-state index in [0.29, 0.717) is 0 Å². The Labute approximate surface area is 80.7 Å². The second kappa shape index (κ2) is 6.26. The topological polar surface area (TPSA) is 46.3 Å². The zero-order valence-corrected chi connectivity index (χ0v) is 9.02. The Hall–Kier alpha value is -0.280. The van der Waals surface area contributed by atoms with Gasteiger partial charge in [-0.1, -0.05) is 20.3 Å². The predicted molar refractivity (Wildman–Crippen MR) is 53.4 cm³/mol. The number of carbonyl (C=O) groups is 1. The first kappa shape index (κ1) is 14.3.